The van der Waals surface area contributed by atoms with E-state index in [-0.39, 0.29) is 0 Å². The van der Waals surface area contributed by atoms with Gasteiger partial charge in [0, 0.05) is 17.5 Å². The van der Waals surface area contributed by atoms with Crippen LogP contribution in [0.25, 0.3) is 10.9 Å². The van der Waals surface area contributed by atoms with Crippen molar-refractivity contribution in [2.45, 2.75) is 13.3 Å². The van der Waals surface area contributed by atoms with E-state index in [0.29, 0.717) is 35.6 Å². The van der Waals surface area contributed by atoms with Crippen LogP contribution >= 0.6 is 11.6 Å². The molecule has 2 aromatic carbocycles. The molecular weight excluding hydrogens is 324 g/mol. The summed E-state index contributed by atoms with van der Waals surface area (Å²) in [6, 6.07) is 15.3. The highest BCUT2D eigenvalue weighted by molar-refractivity contribution is 6.32. The predicted octanol–water partition coefficient (Wildman–Crippen LogP) is 4.58. The first-order valence-corrected chi connectivity index (χ1v) is 8.27. The third-order valence-corrected chi connectivity index (χ3v) is 3.88. The highest BCUT2D eigenvalue weighted by atomic mass is 35.5. The lowest BCUT2D eigenvalue weighted by Gasteiger charge is -2.09. The summed E-state index contributed by atoms with van der Waals surface area (Å²) in [5, 5.41) is 1.58. The van der Waals surface area contributed by atoms with Gasteiger partial charge in [-0.15, -0.1) is 0 Å². The number of pyridine rings is 1. The van der Waals surface area contributed by atoms with Crippen LogP contribution in [0.3, 0.4) is 0 Å². The number of nitrogens with zero attached hydrogens (tertiary/aromatic N) is 1. The van der Waals surface area contributed by atoms with E-state index in [1.165, 1.54) is 5.56 Å². The van der Waals surface area contributed by atoms with E-state index in [9.17, 15) is 0 Å². The zero-order valence-corrected chi connectivity index (χ0v) is 14.2. The summed E-state index contributed by atoms with van der Waals surface area (Å²) in [5.74, 6) is 1.79. The molecule has 124 valence electrons. The summed E-state index contributed by atoms with van der Waals surface area (Å²) in [7, 11) is 0. The molecule has 0 amide bonds. The Morgan fingerprint density at radius 3 is 2.71 bits per heavy atom. The van der Waals surface area contributed by atoms with E-state index >= 15 is 0 Å². The van der Waals surface area contributed by atoms with Crippen LogP contribution in [-0.2, 0) is 6.42 Å². The van der Waals surface area contributed by atoms with Crippen LogP contribution in [0, 0.1) is 0 Å². The van der Waals surface area contributed by atoms with Gasteiger partial charge in [-0.25, -0.2) is 4.98 Å². The van der Waals surface area contributed by atoms with Crippen molar-refractivity contribution >= 4 is 22.5 Å². The van der Waals surface area contributed by atoms with Crippen molar-refractivity contribution in [3.63, 3.8) is 0 Å². The molecule has 0 aliphatic rings. The first-order valence-electron chi connectivity index (χ1n) is 7.89. The van der Waals surface area contributed by atoms with Gasteiger partial charge in [0.2, 0.25) is 5.88 Å². The molecule has 0 aliphatic heterocycles. The molecule has 2 N–H and O–H groups in total. The van der Waals surface area contributed by atoms with Gasteiger partial charge in [-0.3, -0.25) is 0 Å². The summed E-state index contributed by atoms with van der Waals surface area (Å²) >= 11 is 6.18. The number of hydrogen-bond acceptors (Lipinski definition) is 4. The van der Waals surface area contributed by atoms with Crippen molar-refractivity contribution in [2.24, 2.45) is 5.73 Å². The normalized spacial score (nSPS) is 10.8. The van der Waals surface area contributed by atoms with Crippen LogP contribution in [0.1, 0.15) is 12.5 Å². The number of benzene rings is 2. The minimum Gasteiger partial charge on any atom is -0.492 e. The molecule has 0 aliphatic carbocycles. The van der Waals surface area contributed by atoms with E-state index < -0.39 is 0 Å². The third kappa shape index (κ3) is 3.78. The maximum atomic E-state index is 6.18. The number of nitrogens with two attached hydrogens (primary N) is 1. The molecule has 4 nitrogen and oxygen atoms in total. The minimum atomic E-state index is 0.515. The maximum Gasteiger partial charge on any atom is 0.219 e. The van der Waals surface area contributed by atoms with Gasteiger partial charge in [0.15, 0.2) is 0 Å². The van der Waals surface area contributed by atoms with E-state index in [1.807, 2.05) is 37.3 Å². The number of rotatable bonds is 6. The second-order valence-corrected chi connectivity index (χ2v) is 5.75. The van der Waals surface area contributed by atoms with Gasteiger partial charge >= 0.3 is 0 Å². The lowest BCUT2D eigenvalue weighted by Crippen LogP contribution is -2.02. The maximum absolute atomic E-state index is 6.18. The molecule has 24 heavy (non-hydrogen) atoms. The van der Waals surface area contributed by atoms with Crippen molar-refractivity contribution in [1.82, 2.24) is 4.98 Å². The topological polar surface area (TPSA) is 57.4 Å². The quantitative estimate of drug-likeness (QED) is 0.712. The average Bonchev–Trinajstić information content (AvgIpc) is 2.58. The Kier molecular flexibility index (Phi) is 5.18. The minimum absolute atomic E-state index is 0.515. The van der Waals surface area contributed by atoms with Gasteiger partial charge in [-0.1, -0.05) is 17.7 Å². The summed E-state index contributed by atoms with van der Waals surface area (Å²) in [6.07, 6.45) is 0.860. The molecule has 5 heteroatoms. The largest absolute Gasteiger partial charge is 0.492 e. The number of hydrogen-bond donors (Lipinski definition) is 1. The second kappa shape index (κ2) is 7.51. The molecular formula is C19H19ClN2O2. The predicted molar refractivity (Wildman–Crippen MR) is 97.2 cm³/mol. The summed E-state index contributed by atoms with van der Waals surface area (Å²) < 4.78 is 11.2. The molecule has 0 saturated carbocycles. The first kappa shape index (κ1) is 16.6. The lowest BCUT2D eigenvalue weighted by molar-refractivity contribution is 0.339. The van der Waals surface area contributed by atoms with Crippen LogP contribution in [0.5, 0.6) is 17.4 Å². The number of fused-ring (bicyclic) bond motifs is 1. The molecule has 1 aromatic heterocycles. The molecule has 3 rings (SSSR count). The summed E-state index contributed by atoms with van der Waals surface area (Å²) in [6.45, 7) is 3.12. The van der Waals surface area contributed by atoms with E-state index in [1.54, 1.807) is 12.1 Å². The van der Waals surface area contributed by atoms with Crippen LogP contribution in [-0.4, -0.2) is 18.1 Å². The Bertz CT molecular complexity index is 852. The fourth-order valence-corrected chi connectivity index (χ4v) is 2.70. The fourth-order valence-electron chi connectivity index (χ4n) is 2.47. The zero-order valence-electron chi connectivity index (χ0n) is 13.5. The van der Waals surface area contributed by atoms with Gasteiger partial charge < -0.3 is 15.2 Å². The number of ether oxygens (including phenoxy) is 2. The molecule has 3 aromatic rings. The van der Waals surface area contributed by atoms with Crippen LogP contribution < -0.4 is 15.2 Å². The number of halogens is 1. The first-order chi connectivity index (χ1) is 11.7. The Balaban J connectivity index is 1.82. The standard InChI is InChI=1S/C19H19ClN2O2/c1-2-23-18-7-5-15(12-16(18)20)24-19-8-4-14-11-13(9-10-21)3-6-17(14)22-19/h3-8,11-12H,2,9-10,21H2,1H3. The highest BCUT2D eigenvalue weighted by Crippen LogP contribution is 2.31. The smallest absolute Gasteiger partial charge is 0.219 e. The molecule has 0 spiro atoms. The van der Waals surface area contributed by atoms with Gasteiger partial charge in [0.05, 0.1) is 17.1 Å². The summed E-state index contributed by atoms with van der Waals surface area (Å²) in [4.78, 5) is 4.53. The van der Waals surface area contributed by atoms with Crippen molar-refractivity contribution in [3.05, 3.63) is 59.1 Å². The van der Waals surface area contributed by atoms with Crippen LogP contribution in [0.15, 0.2) is 48.5 Å². The van der Waals surface area contributed by atoms with Gasteiger partial charge in [0.25, 0.3) is 0 Å². The second-order valence-electron chi connectivity index (χ2n) is 5.34. The highest BCUT2D eigenvalue weighted by Gasteiger charge is 2.06. The SMILES string of the molecule is CCOc1ccc(Oc2ccc3cc(CCN)ccc3n2)cc1Cl. The molecule has 0 unspecified atom stereocenters. The van der Waals surface area contributed by atoms with E-state index in [4.69, 9.17) is 26.8 Å². The lowest BCUT2D eigenvalue weighted by atomic mass is 10.1. The molecule has 1 heterocycles. The van der Waals surface area contributed by atoms with Crippen molar-refractivity contribution in [2.75, 3.05) is 13.2 Å². The Morgan fingerprint density at radius 1 is 1.08 bits per heavy atom. The third-order valence-electron chi connectivity index (χ3n) is 3.59. The van der Waals surface area contributed by atoms with Gasteiger partial charge in [-0.2, -0.15) is 0 Å². The van der Waals surface area contributed by atoms with Crippen LogP contribution in [0.2, 0.25) is 5.02 Å². The Labute approximate surface area is 146 Å². The van der Waals surface area contributed by atoms with Crippen molar-refractivity contribution in [3.8, 4) is 17.4 Å². The van der Waals surface area contributed by atoms with Gasteiger partial charge in [0.1, 0.15) is 11.5 Å². The molecule has 0 bridgehead atoms. The van der Waals surface area contributed by atoms with E-state index in [2.05, 4.69) is 11.1 Å². The monoisotopic (exact) mass is 342 g/mol. The zero-order chi connectivity index (χ0) is 16.9. The molecule has 0 atom stereocenters. The summed E-state index contributed by atoms with van der Waals surface area (Å²) in [5.41, 5.74) is 7.69. The number of aromatic nitrogens is 1. The van der Waals surface area contributed by atoms with Crippen molar-refractivity contribution in [1.29, 1.82) is 0 Å². The van der Waals surface area contributed by atoms with Crippen molar-refractivity contribution < 1.29 is 9.47 Å². The Hall–Kier alpha value is -2.30. The fraction of sp³-hybridized carbons (Fsp3) is 0.211. The Morgan fingerprint density at radius 2 is 1.96 bits per heavy atom. The average molecular weight is 343 g/mol. The molecule has 0 radical (unpaired) electrons. The molecule has 0 fully saturated rings. The van der Waals surface area contributed by atoms with E-state index in [0.717, 1.165) is 17.3 Å². The van der Waals surface area contributed by atoms with Gasteiger partial charge in [-0.05, 0) is 55.8 Å². The van der Waals surface area contributed by atoms with Crippen LogP contribution in [0.4, 0.5) is 0 Å². The molecule has 0 saturated heterocycles.